The van der Waals surface area contributed by atoms with Crippen LogP contribution in [0.4, 0.5) is 0 Å². The highest BCUT2D eigenvalue weighted by Crippen LogP contribution is 2.26. The van der Waals surface area contributed by atoms with Gasteiger partial charge in [-0.25, -0.2) is 4.79 Å². The first-order valence-electron chi connectivity index (χ1n) is 8.15. The van der Waals surface area contributed by atoms with Crippen LogP contribution < -0.4 is 0 Å². The summed E-state index contributed by atoms with van der Waals surface area (Å²) in [5.41, 5.74) is 5.02. The summed E-state index contributed by atoms with van der Waals surface area (Å²) in [5, 5.41) is 0. The van der Waals surface area contributed by atoms with Crippen LogP contribution in [0.1, 0.15) is 21.5 Å². The Kier molecular flexibility index (Phi) is 5.28. The Labute approximate surface area is 142 Å². The minimum absolute atomic E-state index is 0.300. The molecule has 0 amide bonds. The van der Waals surface area contributed by atoms with E-state index in [1.165, 1.54) is 18.2 Å². The summed E-state index contributed by atoms with van der Waals surface area (Å²) in [6, 6.07) is 14.1. The summed E-state index contributed by atoms with van der Waals surface area (Å²) in [5.74, 6) is -0.303. The lowest BCUT2D eigenvalue weighted by molar-refractivity contribution is 0.0600. The third-order valence-corrected chi connectivity index (χ3v) is 4.18. The monoisotopic (exact) mass is 326 g/mol. The highest BCUT2D eigenvalue weighted by Gasteiger charge is 2.22. The molecule has 24 heavy (non-hydrogen) atoms. The van der Waals surface area contributed by atoms with Crippen molar-refractivity contribution in [2.24, 2.45) is 0 Å². The zero-order valence-electron chi connectivity index (χ0n) is 14.1. The van der Waals surface area contributed by atoms with Crippen molar-refractivity contribution in [3.63, 3.8) is 0 Å². The maximum atomic E-state index is 11.7. The second kappa shape index (κ2) is 7.60. The van der Waals surface area contributed by atoms with Gasteiger partial charge in [0.05, 0.1) is 32.5 Å². The number of aryl methyl sites for hydroxylation is 1. The molecule has 1 heterocycles. The fourth-order valence-corrected chi connectivity index (χ4v) is 2.75. The third-order valence-electron chi connectivity index (χ3n) is 4.18. The van der Waals surface area contributed by atoms with E-state index >= 15 is 0 Å². The molecule has 1 saturated heterocycles. The normalized spacial score (nSPS) is 16.0. The maximum absolute atomic E-state index is 11.7. The molecule has 0 aliphatic carbocycles. The predicted octanol–water partition coefficient (Wildman–Crippen LogP) is 3.41. The number of esters is 1. The summed E-state index contributed by atoms with van der Waals surface area (Å²) in [7, 11) is 1.40. The standard InChI is InChI=1S/C20H22O4/c1-14-11-16(7-8-18(14)20(21)22-2)19-6-4-3-5-15(19)9-10-23-12-17-13-24-17/h3-8,11,17H,9-10,12-13H2,1-2H3/t17-/m0/s1. The van der Waals surface area contributed by atoms with Crippen LogP contribution >= 0.6 is 0 Å². The lowest BCUT2D eigenvalue weighted by Gasteiger charge is -2.12. The number of rotatable bonds is 7. The van der Waals surface area contributed by atoms with Gasteiger partial charge in [-0.15, -0.1) is 0 Å². The summed E-state index contributed by atoms with van der Waals surface area (Å²) in [6.07, 6.45) is 1.15. The molecule has 1 aliphatic heterocycles. The second-order valence-electron chi connectivity index (χ2n) is 5.96. The average Bonchev–Trinajstić information content (AvgIpc) is 3.42. The summed E-state index contributed by atoms with van der Waals surface area (Å²) >= 11 is 0. The van der Waals surface area contributed by atoms with Gasteiger partial charge in [-0.2, -0.15) is 0 Å². The van der Waals surface area contributed by atoms with Gasteiger partial charge in [-0.05, 0) is 41.7 Å². The van der Waals surface area contributed by atoms with Gasteiger partial charge >= 0.3 is 5.97 Å². The average molecular weight is 326 g/mol. The third kappa shape index (κ3) is 4.02. The molecule has 0 bridgehead atoms. The Morgan fingerprint density at radius 1 is 1.25 bits per heavy atom. The van der Waals surface area contributed by atoms with E-state index in [0.717, 1.165) is 24.2 Å². The first-order chi connectivity index (χ1) is 11.7. The summed E-state index contributed by atoms with van der Waals surface area (Å²) < 4.78 is 15.6. The fourth-order valence-electron chi connectivity index (χ4n) is 2.75. The van der Waals surface area contributed by atoms with Crippen molar-refractivity contribution in [3.05, 3.63) is 59.2 Å². The minimum Gasteiger partial charge on any atom is -0.465 e. The van der Waals surface area contributed by atoms with Crippen molar-refractivity contribution in [2.45, 2.75) is 19.4 Å². The molecule has 0 saturated carbocycles. The van der Waals surface area contributed by atoms with E-state index in [1.807, 2.05) is 37.3 Å². The maximum Gasteiger partial charge on any atom is 0.338 e. The van der Waals surface area contributed by atoms with Gasteiger partial charge in [0.1, 0.15) is 6.10 Å². The van der Waals surface area contributed by atoms with Crippen LogP contribution in [-0.2, 0) is 20.6 Å². The van der Waals surface area contributed by atoms with Crippen LogP contribution in [0.2, 0.25) is 0 Å². The Balaban J connectivity index is 1.75. The molecule has 3 rings (SSSR count). The quantitative estimate of drug-likeness (QED) is 0.444. The van der Waals surface area contributed by atoms with Crippen molar-refractivity contribution in [2.75, 3.05) is 26.9 Å². The predicted molar refractivity (Wildman–Crippen MR) is 92.2 cm³/mol. The fraction of sp³-hybridized carbons (Fsp3) is 0.350. The summed E-state index contributed by atoms with van der Waals surface area (Å²) in [4.78, 5) is 11.7. The van der Waals surface area contributed by atoms with Crippen LogP contribution in [0.15, 0.2) is 42.5 Å². The Bertz CT molecular complexity index is 719. The van der Waals surface area contributed by atoms with Crippen LogP contribution in [0, 0.1) is 6.92 Å². The van der Waals surface area contributed by atoms with Crippen LogP contribution in [0.5, 0.6) is 0 Å². The first kappa shape index (κ1) is 16.7. The lowest BCUT2D eigenvalue weighted by Crippen LogP contribution is -2.06. The molecule has 1 atom stereocenters. The zero-order chi connectivity index (χ0) is 16.9. The molecule has 4 nitrogen and oxygen atoms in total. The van der Waals surface area contributed by atoms with E-state index in [-0.39, 0.29) is 5.97 Å². The van der Waals surface area contributed by atoms with Gasteiger partial charge < -0.3 is 14.2 Å². The highest BCUT2D eigenvalue weighted by molar-refractivity contribution is 5.91. The Morgan fingerprint density at radius 3 is 2.75 bits per heavy atom. The number of carbonyl (C=O) groups excluding carboxylic acids is 1. The van der Waals surface area contributed by atoms with Crippen LogP contribution in [0.3, 0.4) is 0 Å². The lowest BCUT2D eigenvalue weighted by atomic mass is 9.95. The molecule has 0 spiro atoms. The smallest absolute Gasteiger partial charge is 0.338 e. The number of methoxy groups -OCH3 is 1. The largest absolute Gasteiger partial charge is 0.465 e. The van der Waals surface area contributed by atoms with E-state index in [1.54, 1.807) is 0 Å². The van der Waals surface area contributed by atoms with Crippen LogP contribution in [0.25, 0.3) is 11.1 Å². The number of ether oxygens (including phenoxy) is 3. The SMILES string of the molecule is COC(=O)c1ccc(-c2ccccc2CCOC[C@H]2CO2)cc1C. The van der Waals surface area contributed by atoms with E-state index in [2.05, 4.69) is 12.1 Å². The highest BCUT2D eigenvalue weighted by atomic mass is 16.6. The molecule has 2 aromatic carbocycles. The minimum atomic E-state index is -0.303. The molecule has 1 fully saturated rings. The first-order valence-corrected chi connectivity index (χ1v) is 8.15. The number of carbonyl (C=O) groups is 1. The molecular weight excluding hydrogens is 304 g/mol. The van der Waals surface area contributed by atoms with Gasteiger partial charge in [0.2, 0.25) is 0 Å². The Morgan fingerprint density at radius 2 is 2.04 bits per heavy atom. The molecule has 1 aliphatic rings. The molecule has 4 heteroatoms. The van der Waals surface area contributed by atoms with Crippen LogP contribution in [-0.4, -0.2) is 39.0 Å². The number of hydrogen-bond donors (Lipinski definition) is 0. The van der Waals surface area contributed by atoms with E-state index in [9.17, 15) is 4.79 Å². The van der Waals surface area contributed by atoms with Gasteiger partial charge in [0, 0.05) is 0 Å². The zero-order valence-corrected chi connectivity index (χ0v) is 14.1. The second-order valence-corrected chi connectivity index (χ2v) is 5.96. The van der Waals surface area contributed by atoms with Crippen molar-refractivity contribution < 1.29 is 19.0 Å². The molecule has 0 N–H and O–H groups in total. The Hall–Kier alpha value is -2.17. The molecule has 0 unspecified atom stereocenters. The topological polar surface area (TPSA) is 48.1 Å². The van der Waals surface area contributed by atoms with E-state index in [0.29, 0.717) is 24.9 Å². The number of benzene rings is 2. The van der Waals surface area contributed by atoms with E-state index in [4.69, 9.17) is 14.2 Å². The van der Waals surface area contributed by atoms with Gasteiger partial charge in [0.25, 0.3) is 0 Å². The molecule has 0 radical (unpaired) electrons. The van der Waals surface area contributed by atoms with Crippen molar-refractivity contribution >= 4 is 5.97 Å². The van der Waals surface area contributed by atoms with E-state index < -0.39 is 0 Å². The van der Waals surface area contributed by atoms with Crippen molar-refractivity contribution in [1.29, 1.82) is 0 Å². The van der Waals surface area contributed by atoms with Crippen molar-refractivity contribution in [1.82, 2.24) is 0 Å². The number of hydrogen-bond acceptors (Lipinski definition) is 4. The van der Waals surface area contributed by atoms with Crippen molar-refractivity contribution in [3.8, 4) is 11.1 Å². The molecular formula is C20H22O4. The molecule has 2 aromatic rings. The molecule has 126 valence electrons. The summed E-state index contributed by atoms with van der Waals surface area (Å²) in [6.45, 7) is 4.10. The van der Waals surface area contributed by atoms with Gasteiger partial charge in [0.15, 0.2) is 0 Å². The van der Waals surface area contributed by atoms with Gasteiger partial charge in [-0.3, -0.25) is 0 Å². The van der Waals surface area contributed by atoms with Gasteiger partial charge in [-0.1, -0.05) is 36.4 Å². The molecule has 0 aromatic heterocycles. The number of epoxide rings is 1.